The molecule has 0 saturated carbocycles. The zero-order valence-electron chi connectivity index (χ0n) is 8.62. The standard InChI is InChI=1S/C9H11NO4S/c1-4-5(8(11)13-2)6(7(10)15-4)9(12)14-3/h10H2,1-3H3. The van der Waals surface area contributed by atoms with Gasteiger partial charge in [-0.15, -0.1) is 11.3 Å². The third-order valence-electron chi connectivity index (χ3n) is 1.89. The van der Waals surface area contributed by atoms with Crippen LogP contribution in [-0.4, -0.2) is 26.2 Å². The Morgan fingerprint density at radius 3 is 2.07 bits per heavy atom. The second kappa shape index (κ2) is 4.31. The van der Waals surface area contributed by atoms with E-state index in [0.717, 1.165) is 11.3 Å². The molecule has 0 radical (unpaired) electrons. The summed E-state index contributed by atoms with van der Waals surface area (Å²) in [7, 11) is 2.48. The van der Waals surface area contributed by atoms with Crippen LogP contribution in [0.25, 0.3) is 0 Å². The second-order valence-corrected chi connectivity index (χ2v) is 4.01. The first-order valence-electron chi connectivity index (χ1n) is 4.08. The minimum atomic E-state index is -0.628. The quantitative estimate of drug-likeness (QED) is 0.771. The van der Waals surface area contributed by atoms with Gasteiger partial charge in [0.2, 0.25) is 0 Å². The van der Waals surface area contributed by atoms with Gasteiger partial charge in [0.05, 0.1) is 19.8 Å². The van der Waals surface area contributed by atoms with Crippen molar-refractivity contribution in [3.63, 3.8) is 0 Å². The maximum Gasteiger partial charge on any atom is 0.341 e. The molecule has 15 heavy (non-hydrogen) atoms. The number of ether oxygens (including phenoxy) is 2. The number of hydrogen-bond donors (Lipinski definition) is 1. The number of methoxy groups -OCH3 is 2. The molecule has 1 aromatic heterocycles. The highest BCUT2D eigenvalue weighted by atomic mass is 32.1. The predicted octanol–water partition coefficient (Wildman–Crippen LogP) is 1.21. The number of carbonyl (C=O) groups excluding carboxylic acids is 2. The molecule has 2 N–H and O–H groups in total. The van der Waals surface area contributed by atoms with E-state index in [0.29, 0.717) is 4.88 Å². The minimum absolute atomic E-state index is 0.0897. The summed E-state index contributed by atoms with van der Waals surface area (Å²) >= 11 is 1.16. The van der Waals surface area contributed by atoms with Crippen LogP contribution in [0, 0.1) is 6.92 Å². The number of carbonyl (C=O) groups is 2. The van der Waals surface area contributed by atoms with Crippen LogP contribution in [0.5, 0.6) is 0 Å². The SMILES string of the molecule is COC(=O)c1c(C)sc(N)c1C(=O)OC. The number of thiophene rings is 1. The fourth-order valence-corrected chi connectivity index (χ4v) is 2.12. The van der Waals surface area contributed by atoms with E-state index in [4.69, 9.17) is 5.73 Å². The molecule has 0 amide bonds. The fourth-order valence-electron chi connectivity index (χ4n) is 1.22. The first-order valence-corrected chi connectivity index (χ1v) is 4.90. The number of hydrogen-bond acceptors (Lipinski definition) is 6. The molecular formula is C9H11NO4S. The topological polar surface area (TPSA) is 78.6 Å². The van der Waals surface area contributed by atoms with Crippen LogP contribution in [0.4, 0.5) is 5.00 Å². The molecule has 82 valence electrons. The van der Waals surface area contributed by atoms with E-state index in [-0.39, 0.29) is 16.1 Å². The van der Waals surface area contributed by atoms with Crippen LogP contribution in [0.2, 0.25) is 0 Å². The zero-order chi connectivity index (χ0) is 11.6. The molecule has 1 rings (SSSR count). The smallest absolute Gasteiger partial charge is 0.341 e. The summed E-state index contributed by atoms with van der Waals surface area (Å²) in [5.74, 6) is -1.21. The van der Waals surface area contributed by atoms with Gasteiger partial charge in [0.15, 0.2) is 0 Å². The second-order valence-electron chi connectivity index (χ2n) is 2.76. The van der Waals surface area contributed by atoms with Gasteiger partial charge >= 0.3 is 11.9 Å². The summed E-state index contributed by atoms with van der Waals surface area (Å²) in [5, 5.41) is 0.264. The summed E-state index contributed by atoms with van der Waals surface area (Å²) < 4.78 is 9.12. The zero-order valence-corrected chi connectivity index (χ0v) is 9.44. The number of anilines is 1. The minimum Gasteiger partial charge on any atom is -0.465 e. The summed E-state index contributed by atoms with van der Waals surface area (Å²) in [6.45, 7) is 1.69. The van der Waals surface area contributed by atoms with Crippen LogP contribution in [0.1, 0.15) is 25.6 Å². The summed E-state index contributed by atoms with van der Waals surface area (Å²) in [5.41, 5.74) is 5.90. The lowest BCUT2D eigenvalue weighted by Gasteiger charge is -2.02. The van der Waals surface area contributed by atoms with Gasteiger partial charge in [0.1, 0.15) is 10.6 Å². The Morgan fingerprint density at radius 1 is 1.13 bits per heavy atom. The van der Waals surface area contributed by atoms with Gasteiger partial charge in [0, 0.05) is 4.88 Å². The van der Waals surface area contributed by atoms with E-state index in [1.807, 2.05) is 0 Å². The molecule has 0 aromatic carbocycles. The molecule has 6 heteroatoms. The number of nitrogen functional groups attached to an aromatic ring is 1. The number of aryl methyl sites for hydroxylation is 1. The molecule has 0 atom stereocenters. The molecule has 0 aliphatic rings. The van der Waals surface area contributed by atoms with E-state index in [1.54, 1.807) is 6.92 Å². The van der Waals surface area contributed by atoms with Gasteiger partial charge in [-0.25, -0.2) is 9.59 Å². The van der Waals surface area contributed by atoms with E-state index >= 15 is 0 Å². The predicted molar refractivity (Wildman–Crippen MR) is 56.1 cm³/mol. The van der Waals surface area contributed by atoms with Gasteiger partial charge in [-0.3, -0.25) is 0 Å². The van der Waals surface area contributed by atoms with E-state index < -0.39 is 11.9 Å². The van der Waals surface area contributed by atoms with Gasteiger partial charge < -0.3 is 15.2 Å². The van der Waals surface area contributed by atoms with Crippen molar-refractivity contribution in [2.24, 2.45) is 0 Å². The molecule has 0 aliphatic heterocycles. The van der Waals surface area contributed by atoms with Crippen LogP contribution in [0.15, 0.2) is 0 Å². The van der Waals surface area contributed by atoms with Crippen molar-refractivity contribution in [1.29, 1.82) is 0 Å². The molecule has 0 fully saturated rings. The number of nitrogens with two attached hydrogens (primary N) is 1. The monoisotopic (exact) mass is 229 g/mol. The first-order chi connectivity index (χ1) is 7.02. The van der Waals surface area contributed by atoms with Crippen molar-refractivity contribution in [2.75, 3.05) is 20.0 Å². The summed E-state index contributed by atoms with van der Waals surface area (Å²) in [6, 6.07) is 0. The van der Waals surface area contributed by atoms with Crippen LogP contribution in [-0.2, 0) is 9.47 Å². The fraction of sp³-hybridized carbons (Fsp3) is 0.333. The van der Waals surface area contributed by atoms with Gasteiger partial charge in [-0.1, -0.05) is 0 Å². The molecule has 0 spiro atoms. The Hall–Kier alpha value is -1.56. The van der Waals surface area contributed by atoms with Gasteiger partial charge in [0.25, 0.3) is 0 Å². The van der Waals surface area contributed by atoms with Crippen molar-refractivity contribution < 1.29 is 19.1 Å². The maximum atomic E-state index is 11.4. The average Bonchev–Trinajstić information content (AvgIpc) is 2.51. The molecular weight excluding hydrogens is 218 g/mol. The van der Waals surface area contributed by atoms with Crippen molar-refractivity contribution in [2.45, 2.75) is 6.92 Å². The molecule has 1 aromatic rings. The Labute approximate surface area is 90.8 Å². The first kappa shape index (κ1) is 11.5. The highest BCUT2D eigenvalue weighted by Crippen LogP contribution is 2.31. The van der Waals surface area contributed by atoms with Crippen LogP contribution in [0.3, 0.4) is 0 Å². The molecule has 0 aliphatic carbocycles. The summed E-state index contributed by atoms with van der Waals surface area (Å²) in [6.07, 6.45) is 0. The van der Waals surface area contributed by atoms with E-state index in [1.165, 1.54) is 14.2 Å². The lowest BCUT2D eigenvalue weighted by atomic mass is 10.1. The van der Waals surface area contributed by atoms with E-state index in [2.05, 4.69) is 9.47 Å². The highest BCUT2D eigenvalue weighted by molar-refractivity contribution is 7.16. The lowest BCUT2D eigenvalue weighted by molar-refractivity contribution is 0.0556. The summed E-state index contributed by atoms with van der Waals surface area (Å²) in [4.78, 5) is 23.4. The van der Waals surface area contributed by atoms with E-state index in [9.17, 15) is 9.59 Å². The van der Waals surface area contributed by atoms with Gasteiger partial charge in [-0.2, -0.15) is 0 Å². The van der Waals surface area contributed by atoms with Crippen molar-refractivity contribution >= 4 is 28.3 Å². The Morgan fingerprint density at radius 2 is 1.60 bits per heavy atom. The maximum absolute atomic E-state index is 11.4. The number of esters is 2. The molecule has 1 heterocycles. The van der Waals surface area contributed by atoms with Crippen molar-refractivity contribution in [3.8, 4) is 0 Å². The number of rotatable bonds is 2. The molecule has 0 saturated heterocycles. The Bertz CT molecular complexity index is 374. The largest absolute Gasteiger partial charge is 0.465 e. The molecule has 5 nitrogen and oxygen atoms in total. The Balaban J connectivity index is 3.35. The van der Waals surface area contributed by atoms with Crippen LogP contribution >= 0.6 is 11.3 Å². The van der Waals surface area contributed by atoms with Crippen LogP contribution < -0.4 is 5.73 Å². The third-order valence-corrected chi connectivity index (χ3v) is 2.82. The molecule has 0 unspecified atom stereocenters. The molecule has 0 bridgehead atoms. The van der Waals surface area contributed by atoms with Crippen molar-refractivity contribution in [3.05, 3.63) is 16.0 Å². The normalized spacial score (nSPS) is 9.80. The lowest BCUT2D eigenvalue weighted by Crippen LogP contribution is -2.11. The van der Waals surface area contributed by atoms with Gasteiger partial charge in [-0.05, 0) is 6.92 Å². The highest BCUT2D eigenvalue weighted by Gasteiger charge is 2.26. The van der Waals surface area contributed by atoms with Crippen molar-refractivity contribution in [1.82, 2.24) is 0 Å². The Kier molecular flexibility index (Phi) is 3.31. The third kappa shape index (κ3) is 1.94. The average molecular weight is 229 g/mol.